The van der Waals surface area contributed by atoms with E-state index in [0.29, 0.717) is 50.4 Å². The maximum atomic E-state index is 13.3. The van der Waals surface area contributed by atoms with Gasteiger partial charge in [-0.05, 0) is 32.3 Å². The summed E-state index contributed by atoms with van der Waals surface area (Å²) in [6, 6.07) is 7.01. The number of benzene rings is 1. The molecular formula is C25H32N4O5. The van der Waals surface area contributed by atoms with Gasteiger partial charge in [-0.2, -0.15) is 0 Å². The topological polar surface area (TPSA) is 99.3 Å². The van der Waals surface area contributed by atoms with E-state index >= 15 is 0 Å². The van der Waals surface area contributed by atoms with Crippen molar-refractivity contribution in [3.05, 3.63) is 46.7 Å². The molecule has 1 aromatic rings. The summed E-state index contributed by atoms with van der Waals surface area (Å²) < 4.78 is 5.09. The van der Waals surface area contributed by atoms with Gasteiger partial charge in [-0.1, -0.05) is 29.8 Å². The highest BCUT2D eigenvalue weighted by Crippen LogP contribution is 2.36. The average Bonchev–Trinajstić information content (AvgIpc) is 3.16. The lowest BCUT2D eigenvalue weighted by molar-refractivity contribution is -0.151. The number of esters is 1. The van der Waals surface area contributed by atoms with Crippen molar-refractivity contribution in [2.75, 3.05) is 39.8 Å². The monoisotopic (exact) mass is 468 g/mol. The minimum absolute atomic E-state index is 0.0298. The lowest BCUT2D eigenvalue weighted by Gasteiger charge is -2.31. The standard InChI is InChI=1S/C25H32N4O5/c1-4-34-24(32)17-8-11-28(12-9-17)20(30)10-13-29-15-19-21(23(29)31)22(26-25(33)27(19)3)18-7-5-6-16(2)14-18/h5-7,14,17,22H,4,8-13,15H2,1-3H3,(H,26,33). The van der Waals surface area contributed by atoms with Gasteiger partial charge in [0.2, 0.25) is 5.91 Å². The fourth-order valence-electron chi connectivity index (χ4n) is 4.92. The number of likely N-dealkylation sites (N-methyl/N-ethyl adjacent to an activating group) is 1. The Hall–Kier alpha value is -3.36. The third-order valence-corrected chi connectivity index (χ3v) is 6.87. The van der Waals surface area contributed by atoms with Crippen molar-refractivity contribution in [3.8, 4) is 0 Å². The Morgan fingerprint density at radius 3 is 2.59 bits per heavy atom. The van der Waals surface area contributed by atoms with E-state index in [1.165, 1.54) is 4.90 Å². The molecule has 1 fully saturated rings. The van der Waals surface area contributed by atoms with E-state index in [1.807, 2.05) is 31.2 Å². The van der Waals surface area contributed by atoms with E-state index in [-0.39, 0.29) is 42.7 Å². The lowest BCUT2D eigenvalue weighted by atomic mass is 9.94. The number of aryl methyl sites for hydroxylation is 1. The summed E-state index contributed by atoms with van der Waals surface area (Å²) in [6.07, 6.45) is 1.40. The third-order valence-electron chi connectivity index (χ3n) is 6.87. The summed E-state index contributed by atoms with van der Waals surface area (Å²) in [7, 11) is 1.66. The third kappa shape index (κ3) is 4.64. The van der Waals surface area contributed by atoms with E-state index in [1.54, 1.807) is 23.8 Å². The summed E-state index contributed by atoms with van der Waals surface area (Å²) in [4.78, 5) is 55.5. The molecule has 3 aliphatic heterocycles. The molecule has 0 aromatic heterocycles. The number of hydrogen-bond acceptors (Lipinski definition) is 5. The van der Waals surface area contributed by atoms with Crippen LogP contribution in [0.5, 0.6) is 0 Å². The first-order valence-corrected chi connectivity index (χ1v) is 11.9. The largest absolute Gasteiger partial charge is 0.466 e. The fraction of sp³-hybridized carbons (Fsp3) is 0.520. The van der Waals surface area contributed by atoms with Gasteiger partial charge in [0.05, 0.1) is 36.4 Å². The van der Waals surface area contributed by atoms with E-state index in [4.69, 9.17) is 4.74 Å². The highest BCUT2D eigenvalue weighted by Gasteiger charge is 2.43. The first-order valence-electron chi connectivity index (χ1n) is 11.9. The van der Waals surface area contributed by atoms with Crippen LogP contribution in [0.25, 0.3) is 0 Å². The van der Waals surface area contributed by atoms with Crippen LogP contribution in [0.15, 0.2) is 35.5 Å². The van der Waals surface area contributed by atoms with Gasteiger partial charge in [0.25, 0.3) is 5.91 Å². The predicted octanol–water partition coefficient (Wildman–Crippen LogP) is 1.98. The highest BCUT2D eigenvalue weighted by molar-refractivity contribution is 6.01. The molecule has 9 heteroatoms. The zero-order valence-electron chi connectivity index (χ0n) is 20.0. The maximum absolute atomic E-state index is 13.3. The summed E-state index contributed by atoms with van der Waals surface area (Å²) in [5.74, 6) is -0.525. The van der Waals surface area contributed by atoms with Crippen LogP contribution in [0.3, 0.4) is 0 Å². The Bertz CT molecular complexity index is 1030. The molecule has 4 rings (SSSR count). The van der Waals surface area contributed by atoms with Crippen LogP contribution in [0, 0.1) is 12.8 Å². The minimum atomic E-state index is -0.506. The van der Waals surface area contributed by atoms with E-state index in [2.05, 4.69) is 5.32 Å². The number of ether oxygens (including phenoxy) is 1. The van der Waals surface area contributed by atoms with Crippen molar-refractivity contribution in [2.45, 2.75) is 39.2 Å². The van der Waals surface area contributed by atoms with Crippen molar-refractivity contribution >= 4 is 23.8 Å². The molecular weight excluding hydrogens is 436 g/mol. The molecule has 0 radical (unpaired) electrons. The van der Waals surface area contributed by atoms with Crippen LogP contribution >= 0.6 is 0 Å². The number of hydrogen-bond donors (Lipinski definition) is 1. The average molecular weight is 469 g/mol. The van der Waals surface area contributed by atoms with Gasteiger partial charge in [-0.15, -0.1) is 0 Å². The lowest BCUT2D eigenvalue weighted by Crippen LogP contribution is -2.45. The Balaban J connectivity index is 1.38. The molecule has 1 aromatic carbocycles. The van der Waals surface area contributed by atoms with Crippen molar-refractivity contribution in [3.63, 3.8) is 0 Å². The molecule has 1 saturated heterocycles. The number of amides is 4. The van der Waals surface area contributed by atoms with Crippen LogP contribution in [0.1, 0.15) is 43.4 Å². The maximum Gasteiger partial charge on any atom is 0.322 e. The Labute approximate surface area is 199 Å². The molecule has 3 heterocycles. The first-order chi connectivity index (χ1) is 16.3. The number of nitrogens with zero attached hydrogens (tertiary/aromatic N) is 3. The number of carbonyl (C=O) groups excluding carboxylic acids is 4. The minimum Gasteiger partial charge on any atom is -0.466 e. The molecule has 0 saturated carbocycles. The predicted molar refractivity (Wildman–Crippen MR) is 124 cm³/mol. The van der Waals surface area contributed by atoms with Crippen LogP contribution in [0.2, 0.25) is 0 Å². The van der Waals surface area contributed by atoms with Crippen molar-refractivity contribution in [1.82, 2.24) is 20.0 Å². The van der Waals surface area contributed by atoms with Crippen molar-refractivity contribution in [2.24, 2.45) is 5.92 Å². The second-order valence-electron chi connectivity index (χ2n) is 9.10. The molecule has 34 heavy (non-hydrogen) atoms. The van der Waals surface area contributed by atoms with E-state index < -0.39 is 6.04 Å². The smallest absolute Gasteiger partial charge is 0.322 e. The number of urea groups is 1. The molecule has 4 amide bonds. The van der Waals surface area contributed by atoms with E-state index in [0.717, 1.165) is 11.1 Å². The molecule has 0 aliphatic carbocycles. The molecule has 182 valence electrons. The molecule has 1 atom stereocenters. The van der Waals surface area contributed by atoms with Gasteiger partial charge in [0.15, 0.2) is 0 Å². The molecule has 0 spiro atoms. The molecule has 0 bridgehead atoms. The van der Waals surface area contributed by atoms with Gasteiger partial charge in [-0.25, -0.2) is 4.79 Å². The molecule has 1 N–H and O–H groups in total. The first kappa shape index (κ1) is 23.8. The van der Waals surface area contributed by atoms with Gasteiger partial charge in [0, 0.05) is 33.1 Å². The summed E-state index contributed by atoms with van der Waals surface area (Å²) in [5, 5.41) is 2.94. The Morgan fingerprint density at radius 1 is 1.18 bits per heavy atom. The summed E-state index contributed by atoms with van der Waals surface area (Å²) >= 11 is 0. The number of piperidine rings is 1. The normalized spacial score (nSPS) is 21.0. The van der Waals surface area contributed by atoms with Crippen molar-refractivity contribution in [1.29, 1.82) is 0 Å². The van der Waals surface area contributed by atoms with Crippen LogP contribution in [0.4, 0.5) is 4.79 Å². The van der Waals surface area contributed by atoms with Gasteiger partial charge >= 0.3 is 12.0 Å². The number of nitrogens with one attached hydrogen (secondary N) is 1. The van der Waals surface area contributed by atoms with Gasteiger partial charge in [-0.3, -0.25) is 19.3 Å². The number of carbonyl (C=O) groups is 4. The highest BCUT2D eigenvalue weighted by atomic mass is 16.5. The summed E-state index contributed by atoms with van der Waals surface area (Å²) in [6.45, 7) is 5.74. The van der Waals surface area contributed by atoms with Crippen LogP contribution in [-0.4, -0.2) is 78.3 Å². The second-order valence-corrected chi connectivity index (χ2v) is 9.10. The van der Waals surface area contributed by atoms with Crippen molar-refractivity contribution < 1.29 is 23.9 Å². The fourth-order valence-corrected chi connectivity index (χ4v) is 4.92. The number of rotatable bonds is 6. The molecule has 9 nitrogen and oxygen atoms in total. The summed E-state index contributed by atoms with van der Waals surface area (Å²) in [5.41, 5.74) is 3.16. The van der Waals surface area contributed by atoms with Crippen LogP contribution in [-0.2, 0) is 19.1 Å². The van der Waals surface area contributed by atoms with E-state index in [9.17, 15) is 19.2 Å². The molecule has 3 aliphatic rings. The number of likely N-dealkylation sites (tertiary alicyclic amines) is 1. The quantitative estimate of drug-likeness (QED) is 0.644. The Kier molecular flexibility index (Phi) is 6.90. The molecule has 1 unspecified atom stereocenters. The zero-order chi connectivity index (χ0) is 24.4. The van der Waals surface area contributed by atoms with Crippen LogP contribution < -0.4 is 5.32 Å². The zero-order valence-corrected chi connectivity index (χ0v) is 20.0. The second kappa shape index (κ2) is 9.87. The van der Waals surface area contributed by atoms with Gasteiger partial charge in [0.1, 0.15) is 0 Å². The Morgan fingerprint density at radius 2 is 1.91 bits per heavy atom. The SMILES string of the molecule is CCOC(=O)C1CCN(C(=O)CCN2CC3=C(C2=O)C(c2cccc(C)c2)NC(=O)N3C)CC1. The van der Waals surface area contributed by atoms with Gasteiger partial charge < -0.3 is 19.9 Å².